The minimum Gasteiger partial charge on any atom is -0.465 e. The van der Waals surface area contributed by atoms with Gasteiger partial charge in [-0.2, -0.15) is 0 Å². The lowest BCUT2D eigenvalue weighted by Crippen LogP contribution is -2.40. The first-order valence-electron chi connectivity index (χ1n) is 9.78. The van der Waals surface area contributed by atoms with Crippen LogP contribution in [0, 0.1) is 6.92 Å². The average molecular weight is 484 g/mol. The van der Waals surface area contributed by atoms with E-state index in [1.807, 2.05) is 6.92 Å². The molecule has 1 amide bonds. The summed E-state index contributed by atoms with van der Waals surface area (Å²) in [6.07, 6.45) is 0. The predicted octanol–water partition coefficient (Wildman–Crippen LogP) is 3.60. The Hall–Kier alpha value is -3.69. The number of hydrogen-bond donors (Lipinski definition) is 1. The Kier molecular flexibility index (Phi) is 6.17. The second-order valence-electron chi connectivity index (χ2n) is 7.19. The van der Waals surface area contributed by atoms with E-state index in [1.165, 1.54) is 35.1 Å². The molecule has 4 aromatic rings. The van der Waals surface area contributed by atoms with Crippen molar-refractivity contribution >= 4 is 50.7 Å². The smallest absolute Gasteiger partial charge is 0.337 e. The van der Waals surface area contributed by atoms with Crippen LogP contribution in [0.2, 0.25) is 5.02 Å². The van der Waals surface area contributed by atoms with E-state index < -0.39 is 23.1 Å². The molecule has 33 heavy (non-hydrogen) atoms. The van der Waals surface area contributed by atoms with E-state index in [-0.39, 0.29) is 12.1 Å². The van der Waals surface area contributed by atoms with Gasteiger partial charge in [0.15, 0.2) is 0 Å². The minimum atomic E-state index is -0.657. The van der Waals surface area contributed by atoms with Crippen molar-refractivity contribution in [2.45, 2.75) is 13.5 Å². The maximum absolute atomic E-state index is 13.3. The van der Waals surface area contributed by atoms with Crippen molar-refractivity contribution in [1.82, 2.24) is 9.13 Å². The Balaban J connectivity index is 1.76. The van der Waals surface area contributed by atoms with Gasteiger partial charge < -0.3 is 10.1 Å². The van der Waals surface area contributed by atoms with Crippen molar-refractivity contribution in [3.63, 3.8) is 0 Å². The molecule has 1 N–H and O–H groups in total. The van der Waals surface area contributed by atoms with Gasteiger partial charge in [0, 0.05) is 15.6 Å². The van der Waals surface area contributed by atoms with Gasteiger partial charge in [-0.25, -0.2) is 14.2 Å². The molecule has 2 heterocycles. The van der Waals surface area contributed by atoms with E-state index in [0.717, 1.165) is 9.44 Å². The molecular weight excluding hydrogens is 466 g/mol. The summed E-state index contributed by atoms with van der Waals surface area (Å²) in [7, 11) is 1.27. The molecule has 168 valence electrons. The Morgan fingerprint density at radius 2 is 1.85 bits per heavy atom. The Morgan fingerprint density at radius 3 is 2.58 bits per heavy atom. The number of nitrogens with zero attached hydrogens (tertiary/aromatic N) is 2. The van der Waals surface area contributed by atoms with E-state index in [9.17, 15) is 19.2 Å². The summed E-state index contributed by atoms with van der Waals surface area (Å²) in [6, 6.07) is 14.3. The van der Waals surface area contributed by atoms with Gasteiger partial charge in [0.25, 0.3) is 5.56 Å². The average Bonchev–Trinajstić information content (AvgIpc) is 3.18. The number of aryl methyl sites for hydroxylation is 1. The maximum atomic E-state index is 13.3. The highest BCUT2D eigenvalue weighted by atomic mass is 35.5. The third kappa shape index (κ3) is 4.46. The summed E-state index contributed by atoms with van der Waals surface area (Å²) in [5, 5.41) is 3.38. The Labute approximate surface area is 196 Å². The molecule has 0 bridgehead atoms. The molecule has 0 radical (unpaired) electrons. The summed E-state index contributed by atoms with van der Waals surface area (Å²) in [6.45, 7) is 1.49. The van der Waals surface area contributed by atoms with Gasteiger partial charge in [-0.15, -0.1) is 11.3 Å². The van der Waals surface area contributed by atoms with E-state index >= 15 is 0 Å². The number of benzene rings is 2. The number of nitrogens with one attached hydrogen (secondary N) is 1. The molecule has 0 atom stereocenters. The number of ether oxygens (including phenoxy) is 1. The Morgan fingerprint density at radius 1 is 1.09 bits per heavy atom. The largest absolute Gasteiger partial charge is 0.465 e. The lowest BCUT2D eigenvalue weighted by Gasteiger charge is -2.13. The van der Waals surface area contributed by atoms with E-state index in [1.54, 1.807) is 42.5 Å². The molecule has 2 aromatic heterocycles. The van der Waals surface area contributed by atoms with E-state index in [0.29, 0.717) is 26.6 Å². The number of aromatic nitrogens is 2. The standard InChI is InChI=1S/C23H18ClN3O5S/c1-13-9-18-20(29)27(17-8-4-6-15(24)11-17)23(31)26(21(18)33-13)12-19(28)25-16-7-3-5-14(10-16)22(30)32-2/h3-11H,12H2,1-2H3,(H,25,28). The third-order valence-corrected chi connectivity index (χ3v) is 6.18. The highest BCUT2D eigenvalue weighted by Gasteiger charge is 2.19. The number of anilines is 1. The number of fused-ring (bicyclic) bond motifs is 1. The SMILES string of the molecule is COC(=O)c1cccc(NC(=O)Cn2c(=O)n(-c3cccc(Cl)c3)c(=O)c3cc(C)sc32)c1. The quantitative estimate of drug-likeness (QED) is 0.437. The molecule has 10 heteroatoms. The molecule has 0 aliphatic rings. The molecule has 0 aliphatic heterocycles. The number of rotatable bonds is 5. The number of hydrogen-bond acceptors (Lipinski definition) is 6. The van der Waals surface area contributed by atoms with Crippen molar-refractivity contribution < 1.29 is 14.3 Å². The molecule has 2 aromatic carbocycles. The topological polar surface area (TPSA) is 99.4 Å². The second-order valence-corrected chi connectivity index (χ2v) is 8.86. The number of carbonyl (C=O) groups excluding carboxylic acids is 2. The Bertz CT molecular complexity index is 1520. The highest BCUT2D eigenvalue weighted by molar-refractivity contribution is 7.18. The van der Waals surface area contributed by atoms with Gasteiger partial charge in [-0.3, -0.25) is 14.2 Å². The van der Waals surface area contributed by atoms with Gasteiger partial charge in [0.2, 0.25) is 5.91 Å². The summed E-state index contributed by atoms with van der Waals surface area (Å²) in [5.41, 5.74) is -0.182. The molecule has 0 saturated carbocycles. The zero-order valence-corrected chi connectivity index (χ0v) is 19.2. The number of amides is 1. The fourth-order valence-electron chi connectivity index (χ4n) is 3.44. The summed E-state index contributed by atoms with van der Waals surface area (Å²) in [5.74, 6) is -1.03. The van der Waals surface area contributed by atoms with Crippen LogP contribution < -0.4 is 16.6 Å². The second kappa shape index (κ2) is 9.05. The van der Waals surface area contributed by atoms with Crippen LogP contribution in [-0.4, -0.2) is 28.1 Å². The van der Waals surface area contributed by atoms with Crippen molar-refractivity contribution in [3.8, 4) is 5.69 Å². The van der Waals surface area contributed by atoms with Crippen LogP contribution in [0.5, 0.6) is 0 Å². The highest BCUT2D eigenvalue weighted by Crippen LogP contribution is 2.22. The molecule has 0 saturated heterocycles. The number of halogens is 1. The summed E-state index contributed by atoms with van der Waals surface area (Å²) >= 11 is 7.32. The number of carbonyl (C=O) groups is 2. The molecule has 0 fully saturated rings. The van der Waals surface area contributed by atoms with Crippen LogP contribution in [0.3, 0.4) is 0 Å². The van der Waals surface area contributed by atoms with Crippen molar-refractivity contribution in [1.29, 1.82) is 0 Å². The molecule has 8 nitrogen and oxygen atoms in total. The van der Waals surface area contributed by atoms with Crippen molar-refractivity contribution in [3.05, 3.63) is 90.9 Å². The fraction of sp³-hybridized carbons (Fsp3) is 0.130. The minimum absolute atomic E-state index is 0.276. The fourth-order valence-corrected chi connectivity index (χ4v) is 4.61. The number of esters is 1. The van der Waals surface area contributed by atoms with Crippen LogP contribution in [0.15, 0.2) is 64.2 Å². The predicted molar refractivity (Wildman–Crippen MR) is 128 cm³/mol. The molecule has 0 aliphatic carbocycles. The van der Waals surface area contributed by atoms with Gasteiger partial charge >= 0.3 is 11.7 Å². The first-order valence-corrected chi connectivity index (χ1v) is 11.0. The first-order chi connectivity index (χ1) is 15.8. The third-order valence-electron chi connectivity index (χ3n) is 4.87. The van der Waals surface area contributed by atoms with Crippen molar-refractivity contribution in [2.24, 2.45) is 0 Å². The van der Waals surface area contributed by atoms with Gasteiger partial charge in [0.1, 0.15) is 11.4 Å². The van der Waals surface area contributed by atoms with E-state index in [4.69, 9.17) is 16.3 Å². The molecule has 0 spiro atoms. The van der Waals surface area contributed by atoms with Gasteiger partial charge in [0.05, 0.1) is 23.7 Å². The monoisotopic (exact) mass is 483 g/mol. The van der Waals surface area contributed by atoms with Crippen LogP contribution in [0.25, 0.3) is 15.9 Å². The molecule has 0 unspecified atom stereocenters. The normalized spacial score (nSPS) is 10.9. The number of thiophene rings is 1. The lowest BCUT2D eigenvalue weighted by atomic mass is 10.2. The van der Waals surface area contributed by atoms with Crippen LogP contribution in [0.1, 0.15) is 15.2 Å². The number of methoxy groups -OCH3 is 1. The molecular formula is C23H18ClN3O5S. The lowest BCUT2D eigenvalue weighted by molar-refractivity contribution is -0.116. The first kappa shape index (κ1) is 22.5. The van der Waals surface area contributed by atoms with Gasteiger partial charge in [-0.05, 0) is 49.4 Å². The zero-order valence-electron chi connectivity index (χ0n) is 17.6. The summed E-state index contributed by atoms with van der Waals surface area (Å²) in [4.78, 5) is 52.2. The van der Waals surface area contributed by atoms with Gasteiger partial charge in [-0.1, -0.05) is 23.7 Å². The van der Waals surface area contributed by atoms with Crippen LogP contribution in [0.4, 0.5) is 5.69 Å². The van der Waals surface area contributed by atoms with Crippen molar-refractivity contribution in [2.75, 3.05) is 12.4 Å². The summed E-state index contributed by atoms with van der Waals surface area (Å²) < 4.78 is 6.96. The van der Waals surface area contributed by atoms with Crippen LogP contribution >= 0.6 is 22.9 Å². The maximum Gasteiger partial charge on any atom is 0.337 e. The zero-order chi connectivity index (χ0) is 23.7. The van der Waals surface area contributed by atoms with Crippen LogP contribution in [-0.2, 0) is 16.1 Å². The van der Waals surface area contributed by atoms with E-state index in [2.05, 4.69) is 5.32 Å². The molecule has 4 rings (SSSR count).